The molecule has 1 unspecified atom stereocenters. The Hall–Kier alpha value is -3.32. The van der Waals surface area contributed by atoms with Gasteiger partial charge in [0.1, 0.15) is 11.5 Å². The van der Waals surface area contributed by atoms with E-state index in [4.69, 9.17) is 9.47 Å². The van der Waals surface area contributed by atoms with Crippen LogP contribution in [0.4, 0.5) is 0 Å². The van der Waals surface area contributed by atoms with Gasteiger partial charge in [0.2, 0.25) is 5.78 Å². The molecule has 1 fully saturated rings. The minimum Gasteiger partial charge on any atom is -0.872 e. The predicted octanol–water partition coefficient (Wildman–Crippen LogP) is 2.80. The second-order valence-electron chi connectivity index (χ2n) is 9.64. The first-order chi connectivity index (χ1) is 17.8. The van der Waals surface area contributed by atoms with Crippen molar-refractivity contribution in [2.75, 3.05) is 32.8 Å². The summed E-state index contributed by atoms with van der Waals surface area (Å²) in [5.74, 6) is -0.410. The smallest absolute Gasteiger partial charge is 0.295 e. The highest BCUT2D eigenvalue weighted by atomic mass is 16.5. The summed E-state index contributed by atoms with van der Waals surface area (Å²) in [6, 6.07) is 13.3. The zero-order valence-electron chi connectivity index (χ0n) is 22.7. The Morgan fingerprint density at radius 2 is 1.59 bits per heavy atom. The lowest BCUT2D eigenvalue weighted by molar-refractivity contribution is -0.896. The standard InChI is InChI=1S/C30H40N2O5/c1-6-20-36-24-14-10-22(11-15-24)27-26(28(33)23-12-16-25(17-13-23)37-21(4)5)29(34)30(35)32(27)19-9-18-31(7-2)8-3/h10-17,21,27,33H,6-9,18-20H2,1-5H3/b28-26+. The van der Waals surface area contributed by atoms with Crippen LogP contribution in [0.5, 0.6) is 11.5 Å². The van der Waals surface area contributed by atoms with E-state index in [9.17, 15) is 14.7 Å². The zero-order chi connectivity index (χ0) is 26.9. The topological polar surface area (TPSA) is 83.3 Å². The molecular formula is C30H40N2O5. The Morgan fingerprint density at radius 1 is 0.973 bits per heavy atom. The maximum Gasteiger partial charge on any atom is 0.295 e. The minimum atomic E-state index is -0.731. The molecule has 7 nitrogen and oxygen atoms in total. The number of amides is 1. The number of Topliss-reactive ketones (excluding diaryl/α,β-unsaturated/α-hetero) is 1. The number of ether oxygens (including phenoxy) is 2. The van der Waals surface area contributed by atoms with Crippen LogP contribution in [0.25, 0.3) is 5.76 Å². The molecule has 1 heterocycles. The van der Waals surface area contributed by atoms with Crippen LogP contribution < -0.4 is 19.5 Å². The van der Waals surface area contributed by atoms with Gasteiger partial charge in [-0.15, -0.1) is 0 Å². The largest absolute Gasteiger partial charge is 0.872 e. The van der Waals surface area contributed by atoms with E-state index < -0.39 is 23.5 Å². The molecule has 0 spiro atoms. The normalized spacial score (nSPS) is 17.2. The number of quaternary nitrogens is 1. The van der Waals surface area contributed by atoms with Crippen molar-refractivity contribution in [2.45, 2.75) is 59.6 Å². The maximum absolute atomic E-state index is 13.6. The Morgan fingerprint density at radius 3 is 2.16 bits per heavy atom. The van der Waals surface area contributed by atoms with Crippen LogP contribution in [-0.2, 0) is 9.59 Å². The number of ketones is 1. The average Bonchev–Trinajstić information content (AvgIpc) is 3.15. The van der Waals surface area contributed by atoms with Crippen LogP contribution in [0.2, 0.25) is 0 Å². The van der Waals surface area contributed by atoms with Gasteiger partial charge in [-0.2, -0.15) is 0 Å². The lowest BCUT2D eigenvalue weighted by Gasteiger charge is -2.28. The number of nitrogens with one attached hydrogen (secondary N) is 1. The highest BCUT2D eigenvalue weighted by molar-refractivity contribution is 6.46. The summed E-state index contributed by atoms with van der Waals surface area (Å²) in [6.45, 7) is 14.1. The molecule has 7 heteroatoms. The van der Waals surface area contributed by atoms with Crippen LogP contribution in [0.3, 0.4) is 0 Å². The predicted molar refractivity (Wildman–Crippen MR) is 142 cm³/mol. The van der Waals surface area contributed by atoms with Crippen LogP contribution >= 0.6 is 0 Å². The van der Waals surface area contributed by atoms with E-state index in [1.165, 1.54) is 4.90 Å². The molecule has 0 bridgehead atoms. The first-order valence-electron chi connectivity index (χ1n) is 13.4. The van der Waals surface area contributed by atoms with Crippen molar-refractivity contribution in [1.29, 1.82) is 0 Å². The van der Waals surface area contributed by atoms with E-state index in [2.05, 4.69) is 13.8 Å². The van der Waals surface area contributed by atoms with Crippen LogP contribution in [0, 0.1) is 0 Å². The Balaban J connectivity index is 1.98. The van der Waals surface area contributed by atoms with Crippen molar-refractivity contribution >= 4 is 17.4 Å². The molecule has 3 rings (SSSR count). The summed E-state index contributed by atoms with van der Waals surface area (Å²) in [5.41, 5.74) is 1.08. The molecule has 1 aliphatic rings. The molecule has 1 N–H and O–H groups in total. The van der Waals surface area contributed by atoms with Gasteiger partial charge in [-0.3, -0.25) is 9.59 Å². The maximum atomic E-state index is 13.6. The Bertz CT molecular complexity index is 1070. The summed E-state index contributed by atoms with van der Waals surface area (Å²) in [4.78, 5) is 29.4. The SMILES string of the molecule is CCCOc1ccc(C2/C(=C(\[O-])c3ccc(OC(C)C)cc3)C(=O)C(=O)N2CCC[NH+](CC)CC)cc1. The van der Waals surface area contributed by atoms with E-state index in [0.29, 0.717) is 30.2 Å². The van der Waals surface area contributed by atoms with Crippen molar-refractivity contribution in [2.24, 2.45) is 0 Å². The van der Waals surface area contributed by atoms with Crippen molar-refractivity contribution in [1.82, 2.24) is 4.90 Å². The lowest BCUT2D eigenvalue weighted by Crippen LogP contribution is -3.11. The second-order valence-corrected chi connectivity index (χ2v) is 9.64. The summed E-state index contributed by atoms with van der Waals surface area (Å²) in [6.07, 6.45) is 1.64. The number of rotatable bonds is 13. The molecular weight excluding hydrogens is 468 g/mol. The third-order valence-electron chi connectivity index (χ3n) is 6.62. The molecule has 1 saturated heterocycles. The van der Waals surface area contributed by atoms with Gasteiger partial charge in [-0.1, -0.05) is 36.9 Å². The molecule has 1 aliphatic heterocycles. The highest BCUT2D eigenvalue weighted by Gasteiger charge is 2.44. The van der Waals surface area contributed by atoms with Gasteiger partial charge in [-0.25, -0.2) is 0 Å². The quantitative estimate of drug-likeness (QED) is 0.256. The highest BCUT2D eigenvalue weighted by Crippen LogP contribution is 2.39. The van der Waals surface area contributed by atoms with Crippen molar-refractivity contribution in [3.05, 3.63) is 65.2 Å². The summed E-state index contributed by atoms with van der Waals surface area (Å²) in [5, 5.41) is 13.6. The third kappa shape index (κ3) is 6.92. The fourth-order valence-corrected chi connectivity index (χ4v) is 4.63. The van der Waals surface area contributed by atoms with Gasteiger partial charge in [0.25, 0.3) is 5.91 Å². The molecule has 0 radical (unpaired) electrons. The van der Waals surface area contributed by atoms with Crippen LogP contribution in [0.15, 0.2) is 54.1 Å². The molecule has 0 aliphatic carbocycles. The summed E-state index contributed by atoms with van der Waals surface area (Å²) in [7, 11) is 0. The third-order valence-corrected chi connectivity index (χ3v) is 6.62. The molecule has 37 heavy (non-hydrogen) atoms. The minimum absolute atomic E-state index is 0.0000550. The van der Waals surface area contributed by atoms with Gasteiger partial charge in [0.15, 0.2) is 0 Å². The number of nitrogens with zero attached hydrogens (tertiary/aromatic N) is 1. The number of carbonyl (C=O) groups excluding carboxylic acids is 2. The fourth-order valence-electron chi connectivity index (χ4n) is 4.63. The lowest BCUT2D eigenvalue weighted by atomic mass is 9.95. The zero-order valence-corrected chi connectivity index (χ0v) is 22.7. The number of benzene rings is 2. The van der Waals surface area contributed by atoms with E-state index in [0.717, 1.165) is 38.0 Å². The summed E-state index contributed by atoms with van der Waals surface area (Å²) < 4.78 is 11.4. The van der Waals surface area contributed by atoms with Crippen molar-refractivity contribution in [3.63, 3.8) is 0 Å². The van der Waals surface area contributed by atoms with Crippen molar-refractivity contribution < 1.29 is 29.1 Å². The molecule has 2 aromatic rings. The molecule has 1 amide bonds. The Kier molecular flexibility index (Phi) is 10.1. The molecule has 200 valence electrons. The fraction of sp³-hybridized carbons (Fsp3) is 0.467. The van der Waals surface area contributed by atoms with Gasteiger partial charge >= 0.3 is 0 Å². The van der Waals surface area contributed by atoms with E-state index in [1.807, 2.05) is 45.0 Å². The van der Waals surface area contributed by atoms with Gasteiger partial charge in [0.05, 0.1) is 38.4 Å². The number of hydrogen-bond donors (Lipinski definition) is 1. The van der Waals surface area contributed by atoms with E-state index in [-0.39, 0.29) is 11.7 Å². The molecule has 0 aromatic heterocycles. The van der Waals surface area contributed by atoms with E-state index >= 15 is 0 Å². The van der Waals surface area contributed by atoms with Crippen LogP contribution in [-0.4, -0.2) is 55.5 Å². The average molecular weight is 509 g/mol. The van der Waals surface area contributed by atoms with E-state index in [1.54, 1.807) is 29.2 Å². The molecule has 1 atom stereocenters. The van der Waals surface area contributed by atoms with Gasteiger partial charge in [0, 0.05) is 18.5 Å². The van der Waals surface area contributed by atoms with Gasteiger partial charge < -0.3 is 24.4 Å². The first kappa shape index (κ1) is 28.3. The summed E-state index contributed by atoms with van der Waals surface area (Å²) >= 11 is 0. The molecule has 0 saturated carbocycles. The number of carbonyl (C=O) groups is 2. The van der Waals surface area contributed by atoms with Crippen LogP contribution in [0.1, 0.15) is 64.6 Å². The monoisotopic (exact) mass is 508 g/mol. The number of likely N-dealkylation sites (tertiary alicyclic amines) is 1. The number of hydrogen-bond acceptors (Lipinski definition) is 5. The first-order valence-corrected chi connectivity index (χ1v) is 13.4. The molecule has 2 aromatic carbocycles. The van der Waals surface area contributed by atoms with Crippen molar-refractivity contribution in [3.8, 4) is 11.5 Å². The second kappa shape index (κ2) is 13.3. The Labute approximate surface area is 220 Å². The van der Waals surface area contributed by atoms with Gasteiger partial charge in [-0.05, 0) is 69.5 Å².